The lowest BCUT2D eigenvalue weighted by atomic mass is 10.1. The molecule has 16 heavy (non-hydrogen) atoms. The van der Waals surface area contributed by atoms with Crippen LogP contribution in [-0.2, 0) is 9.59 Å². The summed E-state index contributed by atoms with van der Waals surface area (Å²) >= 11 is 0. The number of unbranched alkanes of at least 4 members (excludes halogenated alkanes) is 1. The van der Waals surface area contributed by atoms with E-state index in [1.54, 1.807) is 0 Å². The van der Waals surface area contributed by atoms with Crippen LogP contribution in [-0.4, -0.2) is 35.9 Å². The summed E-state index contributed by atoms with van der Waals surface area (Å²) in [5, 5.41) is 0. The Labute approximate surface area is 91.6 Å². The predicted octanol–water partition coefficient (Wildman–Crippen LogP) is 1.91. The number of Topliss-reactive ketones (excluding diaryl/α,β-unsaturated/α-hetero) is 1. The molecule has 1 saturated heterocycles. The molecular weight excluding hydrogens is 223 g/mol. The van der Waals surface area contributed by atoms with Gasteiger partial charge in [-0.2, -0.15) is 13.2 Å². The molecule has 0 aromatic rings. The molecule has 0 bridgehead atoms. The van der Waals surface area contributed by atoms with E-state index in [4.69, 9.17) is 0 Å². The van der Waals surface area contributed by atoms with Gasteiger partial charge in [-0.3, -0.25) is 9.59 Å². The van der Waals surface area contributed by atoms with E-state index < -0.39 is 12.6 Å². The van der Waals surface area contributed by atoms with Crippen molar-refractivity contribution >= 4 is 11.7 Å². The lowest BCUT2D eigenvalue weighted by molar-refractivity contribution is -0.139. The van der Waals surface area contributed by atoms with Gasteiger partial charge in [0.2, 0.25) is 5.91 Å². The molecule has 1 rings (SSSR count). The van der Waals surface area contributed by atoms with Crippen LogP contribution in [0, 0.1) is 0 Å². The van der Waals surface area contributed by atoms with Gasteiger partial charge in [0.25, 0.3) is 0 Å². The second-order valence-electron chi connectivity index (χ2n) is 3.92. The summed E-state index contributed by atoms with van der Waals surface area (Å²) in [5.41, 5.74) is 0. The van der Waals surface area contributed by atoms with Crippen molar-refractivity contribution in [3.8, 4) is 0 Å². The average Bonchev–Trinajstić information content (AvgIpc) is 2.13. The molecule has 1 fully saturated rings. The fourth-order valence-corrected chi connectivity index (χ4v) is 1.62. The zero-order chi connectivity index (χ0) is 12.2. The van der Waals surface area contributed by atoms with Gasteiger partial charge >= 0.3 is 6.18 Å². The zero-order valence-electron chi connectivity index (χ0n) is 8.85. The van der Waals surface area contributed by atoms with Crippen molar-refractivity contribution < 1.29 is 22.8 Å². The van der Waals surface area contributed by atoms with Gasteiger partial charge in [-0.15, -0.1) is 0 Å². The number of carbonyl (C=O) groups excluding carboxylic acids is 2. The van der Waals surface area contributed by atoms with Crippen molar-refractivity contribution in [1.29, 1.82) is 0 Å². The molecule has 1 aliphatic heterocycles. The van der Waals surface area contributed by atoms with Crippen molar-refractivity contribution in [1.82, 2.24) is 4.90 Å². The molecule has 0 atom stereocenters. The first-order valence-corrected chi connectivity index (χ1v) is 5.25. The fourth-order valence-electron chi connectivity index (χ4n) is 1.62. The summed E-state index contributed by atoms with van der Waals surface area (Å²) in [4.78, 5) is 23.6. The van der Waals surface area contributed by atoms with E-state index in [2.05, 4.69) is 0 Å². The molecule has 0 unspecified atom stereocenters. The third-order valence-electron chi connectivity index (χ3n) is 2.50. The smallest absolute Gasteiger partial charge is 0.342 e. The molecule has 0 saturated carbocycles. The minimum atomic E-state index is -4.12. The van der Waals surface area contributed by atoms with Crippen molar-refractivity contribution in [2.24, 2.45) is 0 Å². The number of rotatable bonds is 4. The quantitative estimate of drug-likeness (QED) is 0.553. The zero-order valence-corrected chi connectivity index (χ0v) is 8.85. The average molecular weight is 237 g/mol. The Morgan fingerprint density at radius 3 is 2.44 bits per heavy atom. The summed E-state index contributed by atoms with van der Waals surface area (Å²) in [6.45, 7) is 0.672. The van der Waals surface area contributed by atoms with E-state index in [0.29, 0.717) is 25.9 Å². The van der Waals surface area contributed by atoms with Gasteiger partial charge in [0, 0.05) is 25.9 Å². The van der Waals surface area contributed by atoms with Crippen molar-refractivity contribution in [3.63, 3.8) is 0 Å². The highest BCUT2D eigenvalue weighted by atomic mass is 19.4. The van der Waals surface area contributed by atoms with Crippen molar-refractivity contribution in [2.75, 3.05) is 13.1 Å². The molecule has 6 heteroatoms. The molecule has 92 valence electrons. The minimum absolute atomic E-state index is 0.0290. The highest BCUT2D eigenvalue weighted by Gasteiger charge is 2.27. The van der Waals surface area contributed by atoms with Crippen LogP contribution in [0.15, 0.2) is 0 Å². The van der Waals surface area contributed by atoms with Gasteiger partial charge in [0.15, 0.2) is 0 Å². The monoisotopic (exact) mass is 237 g/mol. The minimum Gasteiger partial charge on any atom is -0.342 e. The number of nitrogens with zero attached hydrogens (tertiary/aromatic N) is 1. The second kappa shape index (κ2) is 5.32. The number of amides is 1. The molecule has 0 aromatic heterocycles. The SMILES string of the molecule is O=C1CCN(CCCCC(F)(F)F)C(=O)C1. The Bertz CT molecular complexity index is 276. The van der Waals surface area contributed by atoms with E-state index in [1.807, 2.05) is 0 Å². The summed E-state index contributed by atoms with van der Waals surface area (Å²) in [6.07, 6.45) is -4.35. The fraction of sp³-hybridized carbons (Fsp3) is 0.800. The van der Waals surface area contributed by atoms with E-state index in [-0.39, 0.29) is 24.5 Å². The van der Waals surface area contributed by atoms with Gasteiger partial charge < -0.3 is 4.90 Å². The summed E-state index contributed by atoms with van der Waals surface area (Å²) < 4.78 is 35.5. The van der Waals surface area contributed by atoms with Gasteiger partial charge in [-0.1, -0.05) is 0 Å². The molecule has 0 radical (unpaired) electrons. The number of hydrogen-bond donors (Lipinski definition) is 0. The van der Waals surface area contributed by atoms with Crippen LogP contribution in [0.3, 0.4) is 0 Å². The summed E-state index contributed by atoms with van der Waals surface area (Å²) in [6, 6.07) is 0. The van der Waals surface area contributed by atoms with E-state index in [9.17, 15) is 22.8 Å². The first-order valence-electron chi connectivity index (χ1n) is 5.25. The van der Waals surface area contributed by atoms with Crippen LogP contribution in [0.25, 0.3) is 0 Å². The van der Waals surface area contributed by atoms with Crippen LogP contribution in [0.4, 0.5) is 13.2 Å². The maximum Gasteiger partial charge on any atom is 0.389 e. The molecule has 3 nitrogen and oxygen atoms in total. The van der Waals surface area contributed by atoms with Crippen LogP contribution in [0.2, 0.25) is 0 Å². The Kier molecular flexibility index (Phi) is 4.32. The molecule has 1 heterocycles. The Balaban J connectivity index is 2.18. The molecule has 1 amide bonds. The third kappa shape index (κ3) is 4.63. The summed E-state index contributed by atoms with van der Waals surface area (Å²) in [7, 11) is 0. The Hall–Kier alpha value is -1.07. The van der Waals surface area contributed by atoms with Crippen LogP contribution in [0.5, 0.6) is 0 Å². The number of likely N-dealkylation sites (tertiary alicyclic amines) is 1. The van der Waals surface area contributed by atoms with Gasteiger partial charge in [-0.05, 0) is 12.8 Å². The van der Waals surface area contributed by atoms with Crippen molar-refractivity contribution in [2.45, 2.75) is 38.3 Å². The number of hydrogen-bond acceptors (Lipinski definition) is 2. The summed E-state index contributed by atoms with van der Waals surface area (Å²) in [5.74, 6) is -0.347. The molecular formula is C10H14F3NO2. The van der Waals surface area contributed by atoms with Gasteiger partial charge in [-0.25, -0.2) is 0 Å². The number of ketones is 1. The van der Waals surface area contributed by atoms with E-state index in [0.717, 1.165) is 0 Å². The van der Waals surface area contributed by atoms with Crippen LogP contribution in [0.1, 0.15) is 32.1 Å². The van der Waals surface area contributed by atoms with Crippen LogP contribution < -0.4 is 0 Å². The van der Waals surface area contributed by atoms with Gasteiger partial charge in [0.05, 0.1) is 6.42 Å². The first-order chi connectivity index (χ1) is 7.38. The lowest BCUT2D eigenvalue weighted by Gasteiger charge is -2.26. The highest BCUT2D eigenvalue weighted by Crippen LogP contribution is 2.22. The maximum absolute atomic E-state index is 11.8. The number of piperidine rings is 1. The number of carbonyl (C=O) groups is 2. The molecule has 0 aromatic carbocycles. The Morgan fingerprint density at radius 1 is 1.19 bits per heavy atom. The molecule has 0 N–H and O–H groups in total. The van der Waals surface area contributed by atoms with E-state index >= 15 is 0 Å². The van der Waals surface area contributed by atoms with Crippen molar-refractivity contribution in [3.05, 3.63) is 0 Å². The predicted molar refractivity (Wildman–Crippen MR) is 50.7 cm³/mol. The topological polar surface area (TPSA) is 37.4 Å². The molecule has 0 aliphatic carbocycles. The first kappa shape index (κ1) is 13.0. The van der Waals surface area contributed by atoms with Gasteiger partial charge in [0.1, 0.15) is 5.78 Å². The molecule has 0 spiro atoms. The van der Waals surface area contributed by atoms with E-state index in [1.165, 1.54) is 4.90 Å². The number of alkyl halides is 3. The second-order valence-corrected chi connectivity index (χ2v) is 3.92. The normalized spacial score (nSPS) is 18.1. The largest absolute Gasteiger partial charge is 0.389 e. The highest BCUT2D eigenvalue weighted by molar-refractivity contribution is 6.00. The Morgan fingerprint density at radius 2 is 1.88 bits per heavy atom. The van der Waals surface area contributed by atoms with Crippen LogP contribution >= 0.6 is 0 Å². The standard InChI is InChI=1S/C10H14F3NO2/c11-10(12,13)4-1-2-5-14-6-3-8(15)7-9(14)16/h1-7H2. The molecule has 1 aliphatic rings. The lowest BCUT2D eigenvalue weighted by Crippen LogP contribution is -2.39. The third-order valence-corrected chi connectivity index (χ3v) is 2.50. The maximum atomic E-state index is 11.8. The number of halogens is 3.